The molecule has 1 fully saturated rings. The van der Waals surface area contributed by atoms with Gasteiger partial charge in [-0.05, 0) is 31.1 Å². The molecule has 1 aliphatic rings. The molecule has 1 aromatic carbocycles. The third-order valence-electron chi connectivity index (χ3n) is 5.01. The van der Waals surface area contributed by atoms with Crippen LogP contribution in [0.1, 0.15) is 25.8 Å². The third-order valence-corrected chi connectivity index (χ3v) is 5.01. The van der Waals surface area contributed by atoms with Crippen LogP contribution in [-0.4, -0.2) is 66.4 Å². The minimum atomic E-state index is -1.55. The third kappa shape index (κ3) is 5.23. The van der Waals surface area contributed by atoms with Crippen LogP contribution in [0.25, 0.3) is 0 Å². The van der Waals surface area contributed by atoms with Gasteiger partial charge in [0, 0.05) is 32.1 Å². The molecule has 3 N–H and O–H groups in total. The second kappa shape index (κ2) is 9.88. The van der Waals surface area contributed by atoms with Crippen LogP contribution in [0, 0.1) is 17.5 Å². The Morgan fingerprint density at radius 3 is 2.61 bits per heavy atom. The van der Waals surface area contributed by atoms with Gasteiger partial charge in [0.15, 0.2) is 17.5 Å². The lowest BCUT2D eigenvalue weighted by Gasteiger charge is -2.38. The van der Waals surface area contributed by atoms with Crippen LogP contribution in [-0.2, 0) is 16.0 Å². The van der Waals surface area contributed by atoms with Gasteiger partial charge in [-0.2, -0.15) is 0 Å². The van der Waals surface area contributed by atoms with Crippen molar-refractivity contribution in [1.82, 2.24) is 15.1 Å². The minimum absolute atomic E-state index is 0.0877. The summed E-state index contributed by atoms with van der Waals surface area (Å²) in [4.78, 5) is 28.6. The van der Waals surface area contributed by atoms with Crippen molar-refractivity contribution < 1.29 is 22.8 Å². The van der Waals surface area contributed by atoms with Crippen LogP contribution >= 0.6 is 0 Å². The molecule has 0 aliphatic carbocycles. The van der Waals surface area contributed by atoms with E-state index < -0.39 is 29.5 Å². The number of likely N-dealkylation sites (N-methyl/N-ethyl adjacent to an activating group) is 1. The molecule has 0 aromatic heterocycles. The van der Waals surface area contributed by atoms with Gasteiger partial charge in [0.1, 0.15) is 6.04 Å². The summed E-state index contributed by atoms with van der Waals surface area (Å²) in [6.45, 7) is 6.58. The maximum atomic E-state index is 13.8. The van der Waals surface area contributed by atoms with Crippen molar-refractivity contribution in [3.63, 3.8) is 0 Å². The van der Waals surface area contributed by atoms with Crippen molar-refractivity contribution in [3.8, 4) is 0 Å². The minimum Gasteiger partial charge on any atom is -0.352 e. The Balaban J connectivity index is 2.04. The van der Waals surface area contributed by atoms with Crippen molar-refractivity contribution in [1.29, 1.82) is 0 Å². The monoisotopic (exact) mass is 400 g/mol. The van der Waals surface area contributed by atoms with Gasteiger partial charge in [0.05, 0.1) is 0 Å². The van der Waals surface area contributed by atoms with Gasteiger partial charge in [-0.1, -0.05) is 19.9 Å². The van der Waals surface area contributed by atoms with E-state index in [1.807, 2.05) is 18.7 Å². The van der Waals surface area contributed by atoms with E-state index in [4.69, 9.17) is 5.73 Å². The molecule has 2 rings (SSSR count). The van der Waals surface area contributed by atoms with Gasteiger partial charge in [-0.25, -0.2) is 13.2 Å². The summed E-state index contributed by atoms with van der Waals surface area (Å²) in [6.07, 6.45) is -0.240. The van der Waals surface area contributed by atoms with Crippen LogP contribution in [0.3, 0.4) is 0 Å². The molecule has 1 aromatic rings. The predicted molar refractivity (Wildman–Crippen MR) is 98.9 cm³/mol. The lowest BCUT2D eigenvalue weighted by atomic mass is 10.0. The Morgan fingerprint density at radius 1 is 1.29 bits per heavy atom. The highest BCUT2D eigenvalue weighted by Gasteiger charge is 2.34. The van der Waals surface area contributed by atoms with Gasteiger partial charge in [-0.15, -0.1) is 0 Å². The molecule has 6 nitrogen and oxygen atoms in total. The average molecular weight is 400 g/mol. The van der Waals surface area contributed by atoms with Crippen molar-refractivity contribution >= 4 is 11.8 Å². The number of piperazine rings is 1. The fourth-order valence-electron chi connectivity index (χ4n) is 3.34. The molecule has 2 amide bonds. The van der Waals surface area contributed by atoms with Crippen molar-refractivity contribution in [2.75, 3.05) is 32.7 Å². The van der Waals surface area contributed by atoms with E-state index >= 15 is 0 Å². The van der Waals surface area contributed by atoms with E-state index in [-0.39, 0.29) is 30.2 Å². The summed E-state index contributed by atoms with van der Waals surface area (Å²) >= 11 is 0. The second-order valence-corrected chi connectivity index (χ2v) is 6.88. The molecule has 1 aliphatic heterocycles. The Bertz CT molecular complexity index is 713. The lowest BCUT2D eigenvalue weighted by Crippen LogP contribution is -2.61. The number of nitrogens with one attached hydrogen (secondary N) is 1. The fourth-order valence-corrected chi connectivity index (χ4v) is 3.34. The number of rotatable bonds is 8. The molecule has 1 saturated heterocycles. The standard InChI is InChI=1S/C19H27F3N4O2/c1-3-25(4-2)11-15-19(28)24-7-8-26(15)16(27)10-13(23)9-12-5-6-14(20)18(22)17(12)21/h5-6,13,15H,3-4,7-11,23H2,1-2H3,(H,24,28). The van der Waals surface area contributed by atoms with Gasteiger partial charge in [0.25, 0.3) is 0 Å². The molecule has 1 heterocycles. The molecule has 9 heteroatoms. The number of carbonyl (C=O) groups excluding carboxylic acids is 2. The molecular weight excluding hydrogens is 373 g/mol. The molecule has 0 spiro atoms. The molecule has 0 saturated carbocycles. The van der Waals surface area contributed by atoms with E-state index in [9.17, 15) is 22.8 Å². The smallest absolute Gasteiger partial charge is 0.244 e. The summed E-state index contributed by atoms with van der Waals surface area (Å²) in [7, 11) is 0. The molecule has 156 valence electrons. The Kier molecular flexibility index (Phi) is 7.82. The molecule has 28 heavy (non-hydrogen) atoms. The number of halogens is 3. The fraction of sp³-hybridized carbons (Fsp3) is 0.579. The van der Waals surface area contributed by atoms with Crippen LogP contribution in [0.5, 0.6) is 0 Å². The first kappa shape index (κ1) is 22.2. The summed E-state index contributed by atoms with van der Waals surface area (Å²) in [6, 6.07) is 0.548. The summed E-state index contributed by atoms with van der Waals surface area (Å²) < 4.78 is 40.2. The molecular formula is C19H27F3N4O2. The van der Waals surface area contributed by atoms with Crippen LogP contribution < -0.4 is 11.1 Å². The van der Waals surface area contributed by atoms with Crippen LogP contribution in [0.15, 0.2) is 12.1 Å². The van der Waals surface area contributed by atoms with Gasteiger partial charge >= 0.3 is 0 Å². The molecule has 0 bridgehead atoms. The first-order valence-corrected chi connectivity index (χ1v) is 9.45. The van der Waals surface area contributed by atoms with E-state index in [0.29, 0.717) is 19.6 Å². The Labute approximate surface area is 162 Å². The number of nitrogens with two attached hydrogens (primary N) is 1. The lowest BCUT2D eigenvalue weighted by molar-refractivity contribution is -0.144. The maximum absolute atomic E-state index is 13.8. The van der Waals surface area contributed by atoms with Crippen molar-refractivity contribution in [2.45, 2.75) is 38.8 Å². The van der Waals surface area contributed by atoms with E-state index in [0.717, 1.165) is 25.2 Å². The van der Waals surface area contributed by atoms with E-state index in [1.54, 1.807) is 0 Å². The highest BCUT2D eigenvalue weighted by atomic mass is 19.2. The predicted octanol–water partition coefficient (Wildman–Crippen LogP) is 1.03. The second-order valence-electron chi connectivity index (χ2n) is 6.88. The maximum Gasteiger partial charge on any atom is 0.244 e. The number of nitrogens with zero attached hydrogens (tertiary/aromatic N) is 2. The van der Waals surface area contributed by atoms with Crippen LogP contribution in [0.2, 0.25) is 0 Å². The van der Waals surface area contributed by atoms with E-state index in [1.165, 1.54) is 4.90 Å². The molecule has 0 radical (unpaired) electrons. The number of hydrogen-bond acceptors (Lipinski definition) is 4. The summed E-state index contributed by atoms with van der Waals surface area (Å²) in [5, 5.41) is 2.77. The normalized spacial score (nSPS) is 18.3. The largest absolute Gasteiger partial charge is 0.352 e. The van der Waals surface area contributed by atoms with Crippen molar-refractivity contribution in [2.24, 2.45) is 5.73 Å². The zero-order valence-corrected chi connectivity index (χ0v) is 16.2. The van der Waals surface area contributed by atoms with Gasteiger partial charge in [0.2, 0.25) is 11.8 Å². The number of carbonyl (C=O) groups is 2. The molecule has 2 unspecified atom stereocenters. The zero-order chi connectivity index (χ0) is 20.8. The molecule has 2 atom stereocenters. The first-order chi connectivity index (χ1) is 13.3. The summed E-state index contributed by atoms with van der Waals surface area (Å²) in [5.74, 6) is -4.65. The number of amides is 2. The van der Waals surface area contributed by atoms with Gasteiger partial charge < -0.3 is 20.9 Å². The number of benzene rings is 1. The zero-order valence-electron chi connectivity index (χ0n) is 16.2. The number of hydrogen-bond donors (Lipinski definition) is 2. The first-order valence-electron chi connectivity index (χ1n) is 9.45. The van der Waals surface area contributed by atoms with E-state index in [2.05, 4.69) is 5.32 Å². The summed E-state index contributed by atoms with van der Waals surface area (Å²) in [5.41, 5.74) is 5.87. The highest BCUT2D eigenvalue weighted by Crippen LogP contribution is 2.18. The topological polar surface area (TPSA) is 78.7 Å². The highest BCUT2D eigenvalue weighted by molar-refractivity contribution is 5.89. The quantitative estimate of drug-likeness (QED) is 0.639. The Morgan fingerprint density at radius 2 is 1.96 bits per heavy atom. The van der Waals surface area contributed by atoms with Crippen LogP contribution in [0.4, 0.5) is 13.2 Å². The van der Waals surface area contributed by atoms with Crippen molar-refractivity contribution in [3.05, 3.63) is 35.1 Å². The average Bonchev–Trinajstić information content (AvgIpc) is 2.67. The SMILES string of the molecule is CCN(CC)CC1C(=O)NCCN1C(=O)CC(N)Cc1ccc(F)c(F)c1F. The van der Waals surface area contributed by atoms with Gasteiger partial charge in [-0.3, -0.25) is 9.59 Å². The Hall–Kier alpha value is -2.13.